The zero-order valence-corrected chi connectivity index (χ0v) is 10.9. The number of benzene rings is 1. The van der Waals surface area contributed by atoms with Crippen LogP contribution in [-0.4, -0.2) is 16.0 Å². The summed E-state index contributed by atoms with van der Waals surface area (Å²) in [7, 11) is 0. The monoisotopic (exact) mass is 275 g/mol. The number of hydrazine groups is 1. The van der Waals surface area contributed by atoms with Crippen molar-refractivity contribution in [3.05, 3.63) is 47.5 Å². The van der Waals surface area contributed by atoms with Crippen molar-refractivity contribution < 1.29 is 14.3 Å². The number of halogens is 1. The van der Waals surface area contributed by atoms with Gasteiger partial charge in [-0.1, -0.05) is 6.92 Å². The van der Waals surface area contributed by atoms with Crippen molar-refractivity contribution in [1.29, 1.82) is 0 Å². The number of nitrogen functional groups attached to an aromatic ring is 1. The number of pyridine rings is 1. The van der Waals surface area contributed by atoms with Gasteiger partial charge in [0.25, 0.3) is 5.91 Å². The molecule has 2 rings (SSSR count). The summed E-state index contributed by atoms with van der Waals surface area (Å²) in [5.41, 5.74) is 3.46. The maximum atomic E-state index is 13.8. The molecule has 6 heteroatoms. The Morgan fingerprint density at radius 3 is 2.85 bits per heavy atom. The van der Waals surface area contributed by atoms with Gasteiger partial charge in [0, 0.05) is 17.3 Å². The van der Waals surface area contributed by atoms with Gasteiger partial charge < -0.3 is 5.11 Å². The quantitative estimate of drug-likeness (QED) is 0.452. The molecule has 1 amide bonds. The predicted molar refractivity (Wildman–Crippen MR) is 72.3 cm³/mol. The van der Waals surface area contributed by atoms with Crippen LogP contribution in [-0.2, 0) is 6.42 Å². The lowest BCUT2D eigenvalue weighted by atomic mass is 10.0. The Labute approximate surface area is 115 Å². The summed E-state index contributed by atoms with van der Waals surface area (Å²) in [5, 5.41) is 9.44. The van der Waals surface area contributed by atoms with E-state index >= 15 is 0 Å². The molecule has 0 unspecified atom stereocenters. The third kappa shape index (κ3) is 2.60. The molecule has 5 nitrogen and oxygen atoms in total. The Morgan fingerprint density at radius 2 is 2.20 bits per heavy atom. The Kier molecular flexibility index (Phi) is 3.95. The van der Waals surface area contributed by atoms with Crippen molar-refractivity contribution in [3.63, 3.8) is 0 Å². The third-order valence-corrected chi connectivity index (χ3v) is 2.94. The molecule has 2 aromatic rings. The summed E-state index contributed by atoms with van der Waals surface area (Å²) in [6.45, 7) is 1.85. The lowest BCUT2D eigenvalue weighted by Crippen LogP contribution is -2.31. The van der Waals surface area contributed by atoms with Crippen molar-refractivity contribution in [2.45, 2.75) is 13.3 Å². The number of carbonyl (C=O) groups is 1. The van der Waals surface area contributed by atoms with E-state index in [1.165, 1.54) is 24.4 Å². The van der Waals surface area contributed by atoms with E-state index in [1.807, 2.05) is 12.3 Å². The number of nitrogens with one attached hydrogen (secondary N) is 1. The van der Waals surface area contributed by atoms with Crippen LogP contribution in [0.2, 0.25) is 0 Å². The average Bonchev–Trinajstić information content (AvgIpc) is 2.48. The third-order valence-electron chi connectivity index (χ3n) is 2.94. The molecule has 0 aliphatic carbocycles. The van der Waals surface area contributed by atoms with Gasteiger partial charge in [-0.3, -0.25) is 15.2 Å². The first kappa shape index (κ1) is 14.0. The van der Waals surface area contributed by atoms with Crippen LogP contribution in [0.4, 0.5) is 4.39 Å². The number of nitrogens with zero attached hydrogens (tertiary/aromatic N) is 1. The Morgan fingerprint density at radius 1 is 1.45 bits per heavy atom. The van der Waals surface area contributed by atoms with Gasteiger partial charge in [0.2, 0.25) is 0 Å². The molecule has 0 aliphatic rings. The lowest BCUT2D eigenvalue weighted by molar-refractivity contribution is 0.0952. The number of hydrogen-bond acceptors (Lipinski definition) is 4. The second-order valence-corrected chi connectivity index (χ2v) is 4.21. The standard InChI is InChI=1S/C14H14FN3O2/c1-2-13-11(14(20)18-16)5-8(7-17-13)10-6-9(19)3-4-12(10)15/h3-7,19H,2,16H2,1H3,(H,18,20). The van der Waals surface area contributed by atoms with Crippen molar-refractivity contribution >= 4 is 5.91 Å². The molecule has 104 valence electrons. The van der Waals surface area contributed by atoms with Gasteiger partial charge in [0.15, 0.2) is 0 Å². The van der Waals surface area contributed by atoms with Crippen LogP contribution in [0, 0.1) is 5.82 Å². The number of rotatable bonds is 3. The smallest absolute Gasteiger partial charge is 0.267 e. The number of carbonyl (C=O) groups excluding carboxylic acids is 1. The molecule has 0 radical (unpaired) electrons. The van der Waals surface area contributed by atoms with Gasteiger partial charge in [0.05, 0.1) is 11.3 Å². The van der Waals surface area contributed by atoms with E-state index in [0.717, 1.165) is 6.07 Å². The zero-order chi connectivity index (χ0) is 14.7. The molecule has 20 heavy (non-hydrogen) atoms. The minimum atomic E-state index is -0.507. The van der Waals surface area contributed by atoms with Crippen molar-refractivity contribution in [3.8, 4) is 16.9 Å². The van der Waals surface area contributed by atoms with Gasteiger partial charge in [-0.05, 0) is 30.7 Å². The van der Waals surface area contributed by atoms with Crippen LogP contribution in [0.1, 0.15) is 23.0 Å². The maximum Gasteiger partial charge on any atom is 0.267 e. The number of phenols is 1. The molecule has 0 atom stereocenters. The summed E-state index contributed by atoms with van der Waals surface area (Å²) in [5.74, 6) is 4.07. The van der Waals surface area contributed by atoms with E-state index < -0.39 is 11.7 Å². The van der Waals surface area contributed by atoms with Gasteiger partial charge >= 0.3 is 0 Å². The highest BCUT2D eigenvalue weighted by atomic mass is 19.1. The molecule has 1 aromatic carbocycles. The van der Waals surface area contributed by atoms with Gasteiger partial charge in [-0.15, -0.1) is 0 Å². The fourth-order valence-electron chi connectivity index (χ4n) is 1.93. The molecule has 0 bridgehead atoms. The molecule has 0 saturated heterocycles. The van der Waals surface area contributed by atoms with E-state index in [9.17, 15) is 14.3 Å². The molecular formula is C14H14FN3O2. The second kappa shape index (κ2) is 5.66. The van der Waals surface area contributed by atoms with E-state index in [4.69, 9.17) is 5.84 Å². The van der Waals surface area contributed by atoms with E-state index in [-0.39, 0.29) is 16.9 Å². The largest absolute Gasteiger partial charge is 0.508 e. The minimum Gasteiger partial charge on any atom is -0.508 e. The molecule has 0 spiro atoms. The molecule has 0 fully saturated rings. The normalized spacial score (nSPS) is 10.3. The molecule has 4 N–H and O–H groups in total. The predicted octanol–water partition coefficient (Wildman–Crippen LogP) is 1.76. The lowest BCUT2D eigenvalue weighted by Gasteiger charge is -2.09. The second-order valence-electron chi connectivity index (χ2n) is 4.21. The summed E-state index contributed by atoms with van der Waals surface area (Å²) < 4.78 is 13.8. The summed E-state index contributed by atoms with van der Waals surface area (Å²) in [6, 6.07) is 5.19. The van der Waals surface area contributed by atoms with Crippen LogP contribution in [0.15, 0.2) is 30.5 Å². The minimum absolute atomic E-state index is 0.0641. The molecule has 1 heterocycles. The van der Waals surface area contributed by atoms with Crippen molar-refractivity contribution in [2.24, 2.45) is 5.84 Å². The highest BCUT2D eigenvalue weighted by Gasteiger charge is 2.14. The Hall–Kier alpha value is -2.47. The number of nitrogens with two attached hydrogens (primary N) is 1. The van der Waals surface area contributed by atoms with Crippen molar-refractivity contribution in [2.75, 3.05) is 0 Å². The first-order chi connectivity index (χ1) is 9.56. The number of aryl methyl sites for hydroxylation is 1. The summed E-state index contributed by atoms with van der Waals surface area (Å²) in [6.07, 6.45) is 2.01. The molecule has 1 aromatic heterocycles. The average molecular weight is 275 g/mol. The van der Waals surface area contributed by atoms with Gasteiger partial charge in [-0.2, -0.15) is 0 Å². The van der Waals surface area contributed by atoms with Crippen LogP contribution < -0.4 is 11.3 Å². The first-order valence-electron chi connectivity index (χ1n) is 6.05. The first-order valence-corrected chi connectivity index (χ1v) is 6.05. The van der Waals surface area contributed by atoms with E-state index in [2.05, 4.69) is 4.98 Å². The van der Waals surface area contributed by atoms with Crippen LogP contribution in [0.3, 0.4) is 0 Å². The Balaban J connectivity index is 2.58. The number of phenolic OH excluding ortho intramolecular Hbond substituents is 1. The van der Waals surface area contributed by atoms with Crippen LogP contribution in [0.25, 0.3) is 11.1 Å². The fourth-order valence-corrected chi connectivity index (χ4v) is 1.93. The zero-order valence-electron chi connectivity index (χ0n) is 10.9. The topological polar surface area (TPSA) is 88.2 Å². The highest BCUT2D eigenvalue weighted by Crippen LogP contribution is 2.27. The molecule has 0 saturated carbocycles. The number of aromatic hydroxyl groups is 1. The molecular weight excluding hydrogens is 261 g/mol. The van der Waals surface area contributed by atoms with E-state index in [1.54, 1.807) is 0 Å². The van der Waals surface area contributed by atoms with Crippen LogP contribution >= 0.6 is 0 Å². The van der Waals surface area contributed by atoms with Gasteiger partial charge in [0.1, 0.15) is 11.6 Å². The molecule has 0 aliphatic heterocycles. The van der Waals surface area contributed by atoms with Crippen molar-refractivity contribution in [1.82, 2.24) is 10.4 Å². The summed E-state index contributed by atoms with van der Waals surface area (Å²) >= 11 is 0. The summed E-state index contributed by atoms with van der Waals surface area (Å²) in [4.78, 5) is 15.9. The van der Waals surface area contributed by atoms with E-state index in [0.29, 0.717) is 17.7 Å². The number of hydrogen-bond donors (Lipinski definition) is 3. The number of aromatic nitrogens is 1. The fraction of sp³-hybridized carbons (Fsp3) is 0.143. The number of amides is 1. The van der Waals surface area contributed by atoms with Gasteiger partial charge in [-0.25, -0.2) is 10.2 Å². The maximum absolute atomic E-state index is 13.8. The SMILES string of the molecule is CCc1ncc(-c2cc(O)ccc2F)cc1C(=O)NN. The van der Waals surface area contributed by atoms with Crippen LogP contribution in [0.5, 0.6) is 5.75 Å². The Bertz CT molecular complexity index is 659. The highest BCUT2D eigenvalue weighted by molar-refractivity contribution is 5.96.